The lowest BCUT2D eigenvalue weighted by atomic mass is 10.1. The third-order valence-corrected chi connectivity index (χ3v) is 3.01. The lowest BCUT2D eigenvalue weighted by Crippen LogP contribution is -2.13. The number of benzene rings is 1. The normalized spacial score (nSPS) is 10.4. The minimum Gasteiger partial charge on any atom is -0.383 e. The number of rotatable bonds is 2. The Kier molecular flexibility index (Phi) is 3.01. The average Bonchev–Trinajstić information content (AvgIpc) is 2.49. The molecule has 0 saturated carbocycles. The Morgan fingerprint density at radius 1 is 1.05 bits per heavy atom. The van der Waals surface area contributed by atoms with Gasteiger partial charge in [0, 0.05) is 29.7 Å². The summed E-state index contributed by atoms with van der Waals surface area (Å²) >= 11 is 0. The molecule has 3 aromatic rings. The maximum Gasteiger partial charge on any atom is 0.257 e. The summed E-state index contributed by atoms with van der Waals surface area (Å²) in [6, 6.07) is 10.9. The predicted octanol–water partition coefficient (Wildman–Crippen LogP) is 2.46. The van der Waals surface area contributed by atoms with Crippen LogP contribution in [0.3, 0.4) is 0 Å². The van der Waals surface area contributed by atoms with Gasteiger partial charge in [0.15, 0.2) is 0 Å². The molecule has 0 unspecified atom stereocenters. The Labute approximate surface area is 115 Å². The van der Waals surface area contributed by atoms with Crippen LogP contribution in [0, 0.1) is 0 Å². The monoisotopic (exact) mass is 264 g/mol. The number of carbonyl (C=O) groups is 1. The van der Waals surface area contributed by atoms with E-state index in [1.54, 1.807) is 24.5 Å². The van der Waals surface area contributed by atoms with Crippen LogP contribution < -0.4 is 11.1 Å². The average molecular weight is 264 g/mol. The fourth-order valence-electron chi connectivity index (χ4n) is 2.03. The van der Waals surface area contributed by atoms with Crippen LogP contribution in [0.4, 0.5) is 11.5 Å². The number of amides is 1. The van der Waals surface area contributed by atoms with Crippen molar-refractivity contribution in [1.82, 2.24) is 9.97 Å². The molecule has 98 valence electrons. The van der Waals surface area contributed by atoms with E-state index in [2.05, 4.69) is 15.3 Å². The van der Waals surface area contributed by atoms with Crippen molar-refractivity contribution in [1.29, 1.82) is 0 Å². The molecule has 0 fully saturated rings. The van der Waals surface area contributed by atoms with Crippen LogP contribution in [-0.4, -0.2) is 15.9 Å². The molecule has 0 saturated heterocycles. The number of nitrogens with two attached hydrogens (primary N) is 1. The summed E-state index contributed by atoms with van der Waals surface area (Å²) in [5, 5.41) is 4.37. The molecule has 0 aliphatic heterocycles. The molecule has 5 nitrogen and oxygen atoms in total. The van der Waals surface area contributed by atoms with E-state index in [-0.39, 0.29) is 5.91 Å². The van der Waals surface area contributed by atoms with E-state index >= 15 is 0 Å². The number of hydrogen-bond acceptors (Lipinski definition) is 4. The first-order valence-corrected chi connectivity index (χ1v) is 6.10. The lowest BCUT2D eigenvalue weighted by molar-refractivity contribution is 0.102. The zero-order chi connectivity index (χ0) is 13.9. The van der Waals surface area contributed by atoms with Gasteiger partial charge < -0.3 is 11.1 Å². The van der Waals surface area contributed by atoms with Crippen LogP contribution >= 0.6 is 0 Å². The second-order valence-electron chi connectivity index (χ2n) is 4.29. The summed E-state index contributed by atoms with van der Waals surface area (Å²) < 4.78 is 0. The van der Waals surface area contributed by atoms with Crippen molar-refractivity contribution < 1.29 is 4.79 Å². The fraction of sp³-hybridized carbons (Fsp3) is 0. The quantitative estimate of drug-likeness (QED) is 0.745. The van der Waals surface area contributed by atoms with Gasteiger partial charge in [-0.05, 0) is 17.5 Å². The summed E-state index contributed by atoms with van der Waals surface area (Å²) in [6.07, 6.45) is 4.73. The number of aromatic nitrogens is 2. The molecule has 20 heavy (non-hydrogen) atoms. The maximum atomic E-state index is 12.3. The number of nitrogens with zero attached hydrogens (tertiary/aromatic N) is 2. The first-order valence-electron chi connectivity index (χ1n) is 6.10. The van der Waals surface area contributed by atoms with Gasteiger partial charge in [0.05, 0.1) is 5.56 Å². The lowest BCUT2D eigenvalue weighted by Gasteiger charge is -2.08. The molecule has 0 aliphatic rings. The largest absolute Gasteiger partial charge is 0.383 e. The van der Waals surface area contributed by atoms with Crippen LogP contribution in [0.5, 0.6) is 0 Å². The number of nitrogen functional groups attached to an aromatic ring is 1. The van der Waals surface area contributed by atoms with Crippen LogP contribution in [-0.2, 0) is 0 Å². The van der Waals surface area contributed by atoms with E-state index < -0.39 is 0 Å². The first kappa shape index (κ1) is 12.1. The molecule has 0 aliphatic carbocycles. The molecule has 1 aromatic carbocycles. The van der Waals surface area contributed by atoms with Crippen LogP contribution in [0.1, 0.15) is 10.4 Å². The zero-order valence-corrected chi connectivity index (χ0v) is 10.6. The van der Waals surface area contributed by atoms with E-state index in [1.165, 1.54) is 6.20 Å². The van der Waals surface area contributed by atoms with Crippen LogP contribution in [0.2, 0.25) is 0 Å². The minimum absolute atomic E-state index is 0.222. The molecule has 1 amide bonds. The number of fused-ring (bicyclic) bond motifs is 1. The summed E-state index contributed by atoms with van der Waals surface area (Å²) in [4.78, 5) is 20.3. The highest BCUT2D eigenvalue weighted by molar-refractivity contribution is 6.14. The molecule has 0 bridgehead atoms. The molecule has 2 aromatic heterocycles. The molecule has 2 heterocycles. The zero-order valence-electron chi connectivity index (χ0n) is 10.6. The van der Waals surface area contributed by atoms with Crippen molar-refractivity contribution in [3.05, 3.63) is 60.6 Å². The van der Waals surface area contributed by atoms with Gasteiger partial charge in [0.1, 0.15) is 5.82 Å². The van der Waals surface area contributed by atoms with Gasteiger partial charge in [-0.3, -0.25) is 9.78 Å². The van der Waals surface area contributed by atoms with E-state index in [0.29, 0.717) is 17.1 Å². The highest BCUT2D eigenvalue weighted by Crippen LogP contribution is 2.23. The number of nitrogens with one attached hydrogen (secondary N) is 1. The van der Waals surface area contributed by atoms with E-state index in [9.17, 15) is 4.79 Å². The van der Waals surface area contributed by atoms with E-state index in [1.807, 2.05) is 24.3 Å². The summed E-state index contributed by atoms with van der Waals surface area (Å²) in [7, 11) is 0. The smallest absolute Gasteiger partial charge is 0.257 e. The third kappa shape index (κ3) is 2.16. The number of pyridine rings is 2. The highest BCUT2D eigenvalue weighted by atomic mass is 16.1. The Hall–Kier alpha value is -2.95. The van der Waals surface area contributed by atoms with Crippen LogP contribution in [0.25, 0.3) is 10.8 Å². The topological polar surface area (TPSA) is 80.9 Å². The number of hydrogen-bond donors (Lipinski definition) is 2. The van der Waals surface area contributed by atoms with Gasteiger partial charge in [-0.1, -0.05) is 24.3 Å². The minimum atomic E-state index is -0.222. The highest BCUT2D eigenvalue weighted by Gasteiger charge is 2.12. The van der Waals surface area contributed by atoms with Gasteiger partial charge >= 0.3 is 0 Å². The first-order chi connectivity index (χ1) is 9.75. The van der Waals surface area contributed by atoms with Crippen molar-refractivity contribution >= 4 is 28.2 Å². The van der Waals surface area contributed by atoms with Gasteiger partial charge in [-0.15, -0.1) is 0 Å². The van der Waals surface area contributed by atoms with Crippen molar-refractivity contribution in [2.45, 2.75) is 0 Å². The molecule has 0 atom stereocenters. The van der Waals surface area contributed by atoms with Gasteiger partial charge in [-0.2, -0.15) is 0 Å². The van der Waals surface area contributed by atoms with Gasteiger partial charge in [0.25, 0.3) is 5.91 Å². The number of anilines is 2. The van der Waals surface area contributed by atoms with Crippen molar-refractivity contribution in [3.63, 3.8) is 0 Å². The molecule has 3 rings (SSSR count). The van der Waals surface area contributed by atoms with Crippen molar-refractivity contribution in [2.75, 3.05) is 11.1 Å². The predicted molar refractivity (Wildman–Crippen MR) is 78.3 cm³/mol. The molecular formula is C15H12N4O. The molecular weight excluding hydrogens is 252 g/mol. The van der Waals surface area contributed by atoms with Crippen molar-refractivity contribution in [2.24, 2.45) is 0 Å². The molecule has 3 N–H and O–H groups in total. The number of carbonyl (C=O) groups excluding carboxylic acids is 1. The molecule has 5 heteroatoms. The Morgan fingerprint density at radius 3 is 2.50 bits per heavy atom. The maximum absolute atomic E-state index is 12.3. The summed E-state index contributed by atoms with van der Waals surface area (Å²) in [5.41, 5.74) is 7.00. The second kappa shape index (κ2) is 4.97. The molecule has 0 spiro atoms. The van der Waals surface area contributed by atoms with E-state index in [4.69, 9.17) is 5.73 Å². The van der Waals surface area contributed by atoms with E-state index in [0.717, 1.165) is 10.8 Å². The molecule has 0 radical (unpaired) electrons. The Bertz CT molecular complexity index is 771. The SMILES string of the molecule is Nc1ncc(C(=O)Nc2ccncc2)c2ccccc12. The second-order valence-corrected chi connectivity index (χ2v) is 4.29. The van der Waals surface area contributed by atoms with Crippen molar-refractivity contribution in [3.8, 4) is 0 Å². The fourth-order valence-corrected chi connectivity index (χ4v) is 2.03. The van der Waals surface area contributed by atoms with Gasteiger partial charge in [0.2, 0.25) is 0 Å². The summed E-state index contributed by atoms with van der Waals surface area (Å²) in [6.45, 7) is 0. The Balaban J connectivity index is 2.02. The third-order valence-electron chi connectivity index (χ3n) is 3.01. The van der Waals surface area contributed by atoms with Gasteiger partial charge in [-0.25, -0.2) is 4.98 Å². The summed E-state index contributed by atoms with van der Waals surface area (Å²) in [5.74, 6) is 0.195. The Morgan fingerprint density at radius 2 is 1.75 bits per heavy atom. The standard InChI is InChI=1S/C15H12N4O/c16-14-12-4-2-1-3-11(12)13(9-18-14)15(20)19-10-5-7-17-8-6-10/h1-9H,(H2,16,18)(H,17,19,20). The van der Waals surface area contributed by atoms with Crippen LogP contribution in [0.15, 0.2) is 55.0 Å².